The highest BCUT2D eigenvalue weighted by Crippen LogP contribution is 2.31. The molecule has 0 aliphatic carbocycles. The monoisotopic (exact) mass is 318 g/mol. The summed E-state index contributed by atoms with van der Waals surface area (Å²) in [6.07, 6.45) is 6.84. The third-order valence-electron chi connectivity index (χ3n) is 4.72. The summed E-state index contributed by atoms with van der Waals surface area (Å²) in [6, 6.07) is 5.96. The number of ether oxygens (including phenoxy) is 2. The predicted octanol–water partition coefficient (Wildman–Crippen LogP) is 2.72. The Morgan fingerprint density at radius 2 is 2.30 bits per heavy atom. The van der Waals surface area contributed by atoms with Crippen molar-refractivity contribution in [3.63, 3.8) is 0 Å². The molecular formula is C18H26N2O3. The van der Waals surface area contributed by atoms with Crippen molar-refractivity contribution in [3.05, 3.63) is 30.1 Å². The van der Waals surface area contributed by atoms with Gasteiger partial charge in [0, 0.05) is 19.3 Å². The maximum atomic E-state index is 12.7. The second-order valence-electron chi connectivity index (χ2n) is 6.41. The Balaban J connectivity index is 1.55. The number of rotatable bonds is 5. The second kappa shape index (κ2) is 7.88. The number of amides is 1. The van der Waals surface area contributed by atoms with E-state index in [1.807, 2.05) is 30.0 Å². The lowest BCUT2D eigenvalue weighted by Gasteiger charge is -2.28. The molecule has 1 amide bonds. The first-order valence-electron chi connectivity index (χ1n) is 8.70. The van der Waals surface area contributed by atoms with Gasteiger partial charge in [-0.15, -0.1) is 0 Å². The summed E-state index contributed by atoms with van der Waals surface area (Å²) in [6.45, 7) is 3.95. The standard InChI is InChI=1S/C18H26N2O3/c1-14(23-13-15-7-3-5-12-22-15)18(21)20-11-6-9-17(20)16-8-2-4-10-19-16/h2,4,8,10,14-15,17H,3,5-7,9,11-13H2,1H3/t14-,15+,17-/m0/s1. The summed E-state index contributed by atoms with van der Waals surface area (Å²) in [4.78, 5) is 19.1. The fraction of sp³-hybridized carbons (Fsp3) is 0.667. The van der Waals surface area contributed by atoms with Crippen LogP contribution in [-0.4, -0.2) is 47.8 Å². The van der Waals surface area contributed by atoms with Gasteiger partial charge in [0.05, 0.1) is 24.4 Å². The van der Waals surface area contributed by atoms with Crippen LogP contribution in [0.5, 0.6) is 0 Å². The Hall–Kier alpha value is -1.46. The highest BCUT2D eigenvalue weighted by molar-refractivity contribution is 5.81. The van der Waals surface area contributed by atoms with Crippen molar-refractivity contribution in [1.82, 2.24) is 9.88 Å². The summed E-state index contributed by atoms with van der Waals surface area (Å²) in [5.41, 5.74) is 0.973. The zero-order valence-electron chi connectivity index (χ0n) is 13.8. The first-order valence-corrected chi connectivity index (χ1v) is 8.70. The van der Waals surface area contributed by atoms with Crippen molar-refractivity contribution in [2.45, 2.75) is 57.3 Å². The molecule has 2 fully saturated rings. The molecule has 0 aromatic carbocycles. The minimum Gasteiger partial charge on any atom is -0.376 e. The number of hydrogen-bond acceptors (Lipinski definition) is 4. The van der Waals surface area contributed by atoms with Gasteiger partial charge in [0.1, 0.15) is 6.10 Å². The van der Waals surface area contributed by atoms with Crippen LogP contribution >= 0.6 is 0 Å². The van der Waals surface area contributed by atoms with Crippen LogP contribution in [0.3, 0.4) is 0 Å². The van der Waals surface area contributed by atoms with Crippen molar-refractivity contribution in [2.75, 3.05) is 19.8 Å². The van der Waals surface area contributed by atoms with Crippen molar-refractivity contribution >= 4 is 5.91 Å². The number of pyridine rings is 1. The van der Waals surface area contributed by atoms with E-state index in [2.05, 4.69) is 4.98 Å². The minimum absolute atomic E-state index is 0.0639. The molecule has 0 spiro atoms. The fourth-order valence-electron chi connectivity index (χ4n) is 3.41. The van der Waals surface area contributed by atoms with Crippen molar-refractivity contribution in [3.8, 4) is 0 Å². The van der Waals surface area contributed by atoms with Crippen molar-refractivity contribution < 1.29 is 14.3 Å². The van der Waals surface area contributed by atoms with E-state index in [0.29, 0.717) is 6.61 Å². The summed E-state index contributed by atoms with van der Waals surface area (Å²) in [5, 5.41) is 0. The number of likely N-dealkylation sites (tertiary alicyclic amines) is 1. The van der Waals surface area contributed by atoms with E-state index in [-0.39, 0.29) is 18.1 Å². The first kappa shape index (κ1) is 16.4. The van der Waals surface area contributed by atoms with Crippen LogP contribution in [0.25, 0.3) is 0 Å². The molecule has 2 aliphatic rings. The molecule has 3 heterocycles. The van der Waals surface area contributed by atoms with E-state index in [1.54, 1.807) is 6.20 Å². The van der Waals surface area contributed by atoms with E-state index in [9.17, 15) is 4.79 Å². The Kier molecular flexibility index (Phi) is 5.62. The largest absolute Gasteiger partial charge is 0.376 e. The molecule has 0 radical (unpaired) electrons. The number of nitrogens with zero attached hydrogens (tertiary/aromatic N) is 2. The molecule has 23 heavy (non-hydrogen) atoms. The van der Waals surface area contributed by atoms with Crippen molar-refractivity contribution in [2.24, 2.45) is 0 Å². The first-order chi connectivity index (χ1) is 11.3. The molecular weight excluding hydrogens is 292 g/mol. The SMILES string of the molecule is C[C@H](OC[C@H]1CCCCO1)C(=O)N1CCC[C@H]1c1ccccn1. The summed E-state index contributed by atoms with van der Waals surface area (Å²) in [5.74, 6) is 0.0639. The van der Waals surface area contributed by atoms with Gasteiger partial charge >= 0.3 is 0 Å². The summed E-state index contributed by atoms with van der Waals surface area (Å²) < 4.78 is 11.5. The highest BCUT2D eigenvalue weighted by atomic mass is 16.5. The second-order valence-corrected chi connectivity index (χ2v) is 6.41. The van der Waals surface area contributed by atoms with Gasteiger partial charge in [0.25, 0.3) is 5.91 Å². The third kappa shape index (κ3) is 4.09. The molecule has 2 aliphatic heterocycles. The van der Waals surface area contributed by atoms with E-state index < -0.39 is 6.10 Å². The predicted molar refractivity (Wildman–Crippen MR) is 86.9 cm³/mol. The van der Waals surface area contributed by atoms with Gasteiger partial charge in [-0.25, -0.2) is 0 Å². The Labute approximate surface area is 138 Å². The normalized spacial score (nSPS) is 26.2. The average molecular weight is 318 g/mol. The zero-order chi connectivity index (χ0) is 16.1. The van der Waals surface area contributed by atoms with Crippen LogP contribution in [0.2, 0.25) is 0 Å². The van der Waals surface area contributed by atoms with E-state index in [1.165, 1.54) is 6.42 Å². The molecule has 126 valence electrons. The molecule has 0 saturated carbocycles. The third-order valence-corrected chi connectivity index (χ3v) is 4.72. The molecule has 0 N–H and O–H groups in total. The maximum Gasteiger partial charge on any atom is 0.251 e. The smallest absolute Gasteiger partial charge is 0.251 e. The molecule has 0 bridgehead atoms. The van der Waals surface area contributed by atoms with Gasteiger partial charge < -0.3 is 14.4 Å². The zero-order valence-corrected chi connectivity index (χ0v) is 13.8. The lowest BCUT2D eigenvalue weighted by molar-refractivity contribution is -0.147. The van der Waals surface area contributed by atoms with Gasteiger partial charge in [-0.1, -0.05) is 6.07 Å². The van der Waals surface area contributed by atoms with Crippen LogP contribution in [-0.2, 0) is 14.3 Å². The average Bonchev–Trinajstić information content (AvgIpc) is 3.10. The fourth-order valence-corrected chi connectivity index (χ4v) is 3.41. The van der Waals surface area contributed by atoms with E-state index in [4.69, 9.17) is 9.47 Å². The molecule has 2 saturated heterocycles. The van der Waals surface area contributed by atoms with Gasteiger partial charge in [0.2, 0.25) is 0 Å². The van der Waals surface area contributed by atoms with Crippen LogP contribution in [0.15, 0.2) is 24.4 Å². The summed E-state index contributed by atoms with van der Waals surface area (Å²) in [7, 11) is 0. The van der Waals surface area contributed by atoms with E-state index >= 15 is 0 Å². The number of carbonyl (C=O) groups excluding carboxylic acids is 1. The van der Waals surface area contributed by atoms with Crippen LogP contribution < -0.4 is 0 Å². The van der Waals surface area contributed by atoms with Crippen molar-refractivity contribution in [1.29, 1.82) is 0 Å². The molecule has 1 aromatic rings. The van der Waals surface area contributed by atoms with Crippen LogP contribution in [0.4, 0.5) is 0 Å². The Morgan fingerprint density at radius 1 is 1.39 bits per heavy atom. The summed E-state index contributed by atoms with van der Waals surface area (Å²) >= 11 is 0. The topological polar surface area (TPSA) is 51.7 Å². The van der Waals surface area contributed by atoms with Crippen LogP contribution in [0, 0.1) is 0 Å². The molecule has 1 aromatic heterocycles. The van der Waals surface area contributed by atoms with Gasteiger partial charge in [0.15, 0.2) is 0 Å². The number of carbonyl (C=O) groups is 1. The number of hydrogen-bond donors (Lipinski definition) is 0. The molecule has 3 atom stereocenters. The highest BCUT2D eigenvalue weighted by Gasteiger charge is 2.33. The quantitative estimate of drug-likeness (QED) is 0.837. The molecule has 5 heteroatoms. The van der Waals surface area contributed by atoms with Crippen LogP contribution in [0.1, 0.15) is 50.8 Å². The molecule has 3 rings (SSSR count). The molecule has 5 nitrogen and oxygen atoms in total. The van der Waals surface area contributed by atoms with Gasteiger partial charge in [-0.05, 0) is 51.2 Å². The minimum atomic E-state index is -0.426. The molecule has 0 unspecified atom stereocenters. The Bertz CT molecular complexity index is 502. The Morgan fingerprint density at radius 3 is 3.04 bits per heavy atom. The number of aromatic nitrogens is 1. The lowest BCUT2D eigenvalue weighted by Crippen LogP contribution is -2.40. The lowest BCUT2D eigenvalue weighted by atomic mass is 10.1. The van der Waals surface area contributed by atoms with Gasteiger partial charge in [-0.3, -0.25) is 9.78 Å². The van der Waals surface area contributed by atoms with E-state index in [0.717, 1.165) is 44.5 Å². The van der Waals surface area contributed by atoms with Gasteiger partial charge in [-0.2, -0.15) is 0 Å². The maximum absolute atomic E-state index is 12.7.